The van der Waals surface area contributed by atoms with Crippen LogP contribution in [0.4, 0.5) is 0 Å². The lowest BCUT2D eigenvalue weighted by Crippen LogP contribution is -2.17. The zero-order valence-electron chi connectivity index (χ0n) is 10.7. The van der Waals surface area contributed by atoms with Crippen molar-refractivity contribution in [1.29, 1.82) is 0 Å². The molecular weight excluding hydrogens is 355 g/mol. The van der Waals surface area contributed by atoms with Crippen molar-refractivity contribution in [2.24, 2.45) is 0 Å². The highest BCUT2D eigenvalue weighted by Crippen LogP contribution is 2.32. The Morgan fingerprint density at radius 1 is 1.21 bits per heavy atom. The number of aryl methyl sites for hydroxylation is 1. The van der Waals surface area contributed by atoms with Gasteiger partial charge in [-0.15, -0.1) is 0 Å². The van der Waals surface area contributed by atoms with E-state index in [0.717, 1.165) is 46.3 Å². The Balaban J connectivity index is 2.19. The molecule has 19 heavy (non-hydrogen) atoms. The van der Waals surface area contributed by atoms with Crippen molar-refractivity contribution in [1.82, 2.24) is 0 Å². The van der Waals surface area contributed by atoms with Gasteiger partial charge in [0.25, 0.3) is 0 Å². The molecule has 100 valence electrons. The van der Waals surface area contributed by atoms with Gasteiger partial charge in [-0.05, 0) is 48.4 Å². The highest BCUT2D eigenvalue weighted by Gasteiger charge is 2.23. The summed E-state index contributed by atoms with van der Waals surface area (Å²) in [4.78, 5) is 12.1. The van der Waals surface area contributed by atoms with Crippen LogP contribution < -0.4 is 5.63 Å². The van der Waals surface area contributed by atoms with E-state index in [2.05, 4.69) is 22.6 Å². The summed E-state index contributed by atoms with van der Waals surface area (Å²) < 4.78 is 12.0. The minimum absolute atomic E-state index is 0.222. The topological polar surface area (TPSA) is 39.4 Å². The number of ether oxygens (including phenoxy) is 1. The third kappa shape index (κ3) is 2.43. The summed E-state index contributed by atoms with van der Waals surface area (Å²) in [7, 11) is 0. The molecule has 1 aromatic carbocycles. The van der Waals surface area contributed by atoms with E-state index in [1.54, 1.807) is 0 Å². The molecule has 0 N–H and O–H groups in total. The number of fused-ring (bicyclic) bond motifs is 1. The predicted molar refractivity (Wildman–Crippen MR) is 82.7 cm³/mol. The fraction of sp³-hybridized carbons (Fsp3) is 0.400. The second-order valence-corrected chi connectivity index (χ2v) is 6.08. The molecule has 1 aliphatic rings. The number of halogens is 1. The Bertz CT molecular complexity index is 669. The molecule has 0 unspecified atom stereocenters. The molecule has 2 aromatic rings. The molecule has 0 atom stereocenters. The molecule has 1 saturated heterocycles. The first-order chi connectivity index (χ1) is 9.16. The lowest BCUT2D eigenvalue weighted by molar-refractivity contribution is 0.0797. The molecule has 3 nitrogen and oxygen atoms in total. The second-order valence-electron chi connectivity index (χ2n) is 5.00. The molecule has 0 bridgehead atoms. The smallest absolute Gasteiger partial charge is 0.343 e. The Morgan fingerprint density at radius 2 is 1.95 bits per heavy atom. The van der Waals surface area contributed by atoms with Crippen LogP contribution in [0.5, 0.6) is 0 Å². The van der Waals surface area contributed by atoms with E-state index >= 15 is 0 Å². The van der Waals surface area contributed by atoms with E-state index in [9.17, 15) is 4.79 Å². The van der Waals surface area contributed by atoms with Gasteiger partial charge < -0.3 is 9.15 Å². The maximum absolute atomic E-state index is 12.1. The van der Waals surface area contributed by atoms with E-state index in [4.69, 9.17) is 9.15 Å². The molecule has 2 heterocycles. The van der Waals surface area contributed by atoms with Crippen LogP contribution in [-0.4, -0.2) is 13.2 Å². The molecule has 1 aliphatic heterocycles. The van der Waals surface area contributed by atoms with E-state index in [1.165, 1.54) is 0 Å². The van der Waals surface area contributed by atoms with Crippen LogP contribution in [0.3, 0.4) is 0 Å². The summed E-state index contributed by atoms with van der Waals surface area (Å²) in [6.45, 7) is 3.48. The summed E-state index contributed by atoms with van der Waals surface area (Å²) in [5.74, 6) is 1.14. The number of benzene rings is 1. The van der Waals surface area contributed by atoms with Gasteiger partial charge in [0.1, 0.15) is 5.76 Å². The third-order valence-corrected chi connectivity index (χ3v) is 4.76. The Morgan fingerprint density at radius 3 is 2.68 bits per heavy atom. The summed E-state index contributed by atoms with van der Waals surface area (Å²) >= 11 is 2.30. The van der Waals surface area contributed by atoms with Crippen LogP contribution in [0.2, 0.25) is 0 Å². The van der Waals surface area contributed by atoms with Gasteiger partial charge >= 0.3 is 5.63 Å². The van der Waals surface area contributed by atoms with E-state index in [-0.39, 0.29) is 5.63 Å². The summed E-state index contributed by atoms with van der Waals surface area (Å²) in [5, 5.41) is 1.68. The van der Waals surface area contributed by atoms with Crippen LogP contribution in [0.1, 0.15) is 30.1 Å². The first-order valence-corrected chi connectivity index (χ1v) is 7.55. The zero-order valence-corrected chi connectivity index (χ0v) is 12.9. The molecule has 0 radical (unpaired) electrons. The fourth-order valence-electron chi connectivity index (χ4n) is 2.57. The van der Waals surface area contributed by atoms with Gasteiger partial charge in [0.05, 0.1) is 8.96 Å². The molecule has 0 spiro atoms. The summed E-state index contributed by atoms with van der Waals surface area (Å²) in [5.41, 5.74) is 0.857. The highest BCUT2D eigenvalue weighted by molar-refractivity contribution is 14.1. The largest absolute Gasteiger partial charge is 0.426 e. The van der Waals surface area contributed by atoms with Crippen molar-refractivity contribution >= 4 is 33.4 Å². The van der Waals surface area contributed by atoms with Crippen LogP contribution in [0.25, 0.3) is 10.8 Å². The Labute approximate surface area is 125 Å². The average molecular weight is 370 g/mol. The van der Waals surface area contributed by atoms with Gasteiger partial charge in [-0.25, -0.2) is 4.79 Å². The molecule has 0 aliphatic carbocycles. The lowest BCUT2D eigenvalue weighted by atomic mass is 9.96. The quantitative estimate of drug-likeness (QED) is 0.721. The van der Waals surface area contributed by atoms with Gasteiger partial charge in [-0.3, -0.25) is 0 Å². The first-order valence-electron chi connectivity index (χ1n) is 6.47. The first kappa shape index (κ1) is 13.1. The normalized spacial score (nSPS) is 16.9. The van der Waals surface area contributed by atoms with Gasteiger partial charge in [0.2, 0.25) is 0 Å². The van der Waals surface area contributed by atoms with E-state index in [1.807, 2.05) is 25.1 Å². The maximum atomic E-state index is 12.1. The van der Waals surface area contributed by atoms with Crippen LogP contribution >= 0.6 is 22.6 Å². The summed E-state index contributed by atoms with van der Waals surface area (Å²) in [6, 6.07) is 5.96. The average Bonchev–Trinajstić information content (AvgIpc) is 2.43. The Hall–Kier alpha value is -0.880. The Kier molecular flexibility index (Phi) is 3.62. The zero-order chi connectivity index (χ0) is 13.4. The number of hydrogen-bond acceptors (Lipinski definition) is 3. The summed E-state index contributed by atoms with van der Waals surface area (Å²) in [6.07, 6.45) is 1.85. The number of rotatable bonds is 1. The monoisotopic (exact) mass is 370 g/mol. The van der Waals surface area contributed by atoms with Crippen molar-refractivity contribution in [2.45, 2.75) is 25.7 Å². The van der Waals surface area contributed by atoms with Crippen molar-refractivity contribution in [2.75, 3.05) is 13.2 Å². The fourth-order valence-corrected chi connectivity index (χ4v) is 3.59. The maximum Gasteiger partial charge on any atom is 0.343 e. The van der Waals surface area contributed by atoms with Crippen molar-refractivity contribution < 1.29 is 9.15 Å². The molecule has 1 aromatic heterocycles. The van der Waals surface area contributed by atoms with E-state index in [0.29, 0.717) is 11.3 Å². The van der Waals surface area contributed by atoms with Crippen molar-refractivity contribution in [3.05, 3.63) is 43.5 Å². The molecule has 4 heteroatoms. The number of hydrogen-bond donors (Lipinski definition) is 0. The van der Waals surface area contributed by atoms with Gasteiger partial charge in [0, 0.05) is 24.5 Å². The van der Waals surface area contributed by atoms with Crippen molar-refractivity contribution in [3.8, 4) is 0 Å². The van der Waals surface area contributed by atoms with Gasteiger partial charge in [0.15, 0.2) is 0 Å². The van der Waals surface area contributed by atoms with Gasteiger partial charge in [-0.2, -0.15) is 0 Å². The molecule has 0 amide bonds. The van der Waals surface area contributed by atoms with Crippen LogP contribution in [0, 0.1) is 10.5 Å². The SMILES string of the molecule is Cc1ccc2c(I)c(C3CCOCC3)oc(=O)c2c1. The predicted octanol–water partition coefficient (Wildman–Crippen LogP) is 3.60. The van der Waals surface area contributed by atoms with Crippen LogP contribution in [0.15, 0.2) is 27.4 Å². The molecule has 3 rings (SSSR count). The van der Waals surface area contributed by atoms with E-state index < -0.39 is 0 Å². The minimum Gasteiger partial charge on any atom is -0.426 e. The minimum atomic E-state index is -0.222. The molecular formula is C15H15IO3. The highest BCUT2D eigenvalue weighted by atomic mass is 127. The van der Waals surface area contributed by atoms with Crippen molar-refractivity contribution in [3.63, 3.8) is 0 Å². The molecule has 1 fully saturated rings. The van der Waals surface area contributed by atoms with Crippen LogP contribution in [-0.2, 0) is 4.74 Å². The second kappa shape index (κ2) is 5.25. The lowest BCUT2D eigenvalue weighted by Gasteiger charge is -2.22. The van der Waals surface area contributed by atoms with Gasteiger partial charge in [-0.1, -0.05) is 17.7 Å². The standard InChI is InChI=1S/C15H15IO3/c1-9-2-3-11-12(8-9)15(17)19-14(13(11)16)10-4-6-18-7-5-10/h2-3,8,10H,4-7H2,1H3. The molecule has 0 saturated carbocycles. The third-order valence-electron chi connectivity index (χ3n) is 3.64.